The van der Waals surface area contributed by atoms with Crippen molar-refractivity contribution in [2.45, 2.75) is 0 Å². The second-order valence-corrected chi connectivity index (χ2v) is 2.12. The minimum atomic E-state index is -0.653. The Morgan fingerprint density at radius 3 is 2.64 bits per heavy atom. The summed E-state index contributed by atoms with van der Waals surface area (Å²) in [6.07, 6.45) is 5.52. The average molecular weight is 145 g/mol. The Labute approximate surface area is 65.2 Å². The lowest BCUT2D eigenvalue weighted by Gasteiger charge is -2.10. The van der Waals surface area contributed by atoms with Gasteiger partial charge >= 0.3 is 0 Å². The number of rotatable bonds is 1. The summed E-state index contributed by atoms with van der Waals surface area (Å²) in [5, 5.41) is 20.0. The first kappa shape index (κ1) is 7.37. The molecule has 11 heavy (non-hydrogen) atoms. The molecule has 3 nitrogen and oxygen atoms in total. The molecule has 0 saturated heterocycles. The zero-order valence-electron chi connectivity index (χ0n) is 5.91. The Kier molecular flexibility index (Phi) is 2.30. The molecule has 0 aromatic heterocycles. The van der Waals surface area contributed by atoms with E-state index in [1.54, 1.807) is 6.08 Å². The van der Waals surface area contributed by atoms with Gasteiger partial charge in [-0.2, -0.15) is 10.5 Å². The Morgan fingerprint density at radius 1 is 1.45 bits per heavy atom. The van der Waals surface area contributed by atoms with Gasteiger partial charge < -0.3 is 5.32 Å². The van der Waals surface area contributed by atoms with Crippen LogP contribution in [0.2, 0.25) is 0 Å². The predicted molar refractivity (Wildman–Crippen MR) is 39.9 cm³/mol. The highest BCUT2D eigenvalue weighted by Gasteiger charge is 2.11. The second-order valence-electron chi connectivity index (χ2n) is 2.12. The number of dihydropyridines is 1. The fourth-order valence-electron chi connectivity index (χ4n) is 0.842. The van der Waals surface area contributed by atoms with E-state index in [1.165, 1.54) is 0 Å². The maximum atomic E-state index is 8.50. The SMILES string of the molecule is N#CC(C#N)C1=CC=CCN1. The Bertz CT molecular complexity index is 261. The zero-order valence-corrected chi connectivity index (χ0v) is 5.91. The van der Waals surface area contributed by atoms with E-state index in [9.17, 15) is 0 Å². The highest BCUT2D eigenvalue weighted by Crippen LogP contribution is 2.07. The third kappa shape index (κ3) is 1.59. The second kappa shape index (κ2) is 3.43. The number of allylic oxidation sites excluding steroid dienone is 3. The maximum absolute atomic E-state index is 8.50. The zero-order chi connectivity index (χ0) is 8.10. The molecular formula is C8H7N3. The summed E-state index contributed by atoms with van der Waals surface area (Å²) in [5.41, 5.74) is 0.692. The van der Waals surface area contributed by atoms with Crippen molar-refractivity contribution in [3.05, 3.63) is 23.9 Å². The minimum absolute atomic E-state index is 0.653. The van der Waals surface area contributed by atoms with Crippen LogP contribution in [0.5, 0.6) is 0 Å². The summed E-state index contributed by atoms with van der Waals surface area (Å²) in [5.74, 6) is -0.653. The van der Waals surface area contributed by atoms with Gasteiger partial charge in [0.25, 0.3) is 0 Å². The predicted octanol–water partition coefficient (Wildman–Crippen LogP) is 0.693. The topological polar surface area (TPSA) is 59.6 Å². The van der Waals surface area contributed by atoms with Gasteiger partial charge in [-0.1, -0.05) is 12.2 Å². The molecule has 54 valence electrons. The van der Waals surface area contributed by atoms with Crippen LogP contribution in [0.4, 0.5) is 0 Å². The van der Waals surface area contributed by atoms with Gasteiger partial charge in [0.05, 0.1) is 12.1 Å². The van der Waals surface area contributed by atoms with Crippen molar-refractivity contribution in [1.29, 1.82) is 10.5 Å². The Morgan fingerprint density at radius 2 is 2.18 bits per heavy atom. The van der Waals surface area contributed by atoms with Gasteiger partial charge in [0, 0.05) is 12.2 Å². The number of nitrogens with zero attached hydrogens (tertiary/aromatic N) is 2. The first-order valence-corrected chi connectivity index (χ1v) is 3.28. The van der Waals surface area contributed by atoms with E-state index < -0.39 is 5.92 Å². The molecule has 1 N–H and O–H groups in total. The summed E-state index contributed by atoms with van der Waals surface area (Å²) in [4.78, 5) is 0. The molecule has 0 aliphatic carbocycles. The van der Waals surface area contributed by atoms with Crippen LogP contribution >= 0.6 is 0 Å². The third-order valence-electron chi connectivity index (χ3n) is 1.41. The van der Waals surface area contributed by atoms with E-state index in [4.69, 9.17) is 10.5 Å². The molecule has 1 aliphatic heterocycles. The molecule has 3 heteroatoms. The van der Waals surface area contributed by atoms with E-state index in [2.05, 4.69) is 5.32 Å². The van der Waals surface area contributed by atoms with Crippen molar-refractivity contribution in [3.63, 3.8) is 0 Å². The fourth-order valence-corrected chi connectivity index (χ4v) is 0.842. The van der Waals surface area contributed by atoms with Crippen molar-refractivity contribution >= 4 is 0 Å². The van der Waals surface area contributed by atoms with Crippen LogP contribution in [0.3, 0.4) is 0 Å². The van der Waals surface area contributed by atoms with Gasteiger partial charge in [-0.3, -0.25) is 0 Å². The lowest BCUT2D eigenvalue weighted by atomic mass is 10.1. The molecular weight excluding hydrogens is 138 g/mol. The fraction of sp³-hybridized carbons (Fsp3) is 0.250. The monoisotopic (exact) mass is 145 g/mol. The van der Waals surface area contributed by atoms with Crippen LogP contribution in [0, 0.1) is 28.6 Å². The largest absolute Gasteiger partial charge is 0.383 e. The van der Waals surface area contributed by atoms with Crippen LogP contribution in [0.15, 0.2) is 23.9 Å². The van der Waals surface area contributed by atoms with Crippen LogP contribution < -0.4 is 5.32 Å². The summed E-state index contributed by atoms with van der Waals surface area (Å²) in [6.45, 7) is 0.700. The lowest BCUT2D eigenvalue weighted by molar-refractivity contribution is 0.794. The van der Waals surface area contributed by atoms with E-state index in [-0.39, 0.29) is 0 Å². The Balaban J connectivity index is 2.75. The van der Waals surface area contributed by atoms with Gasteiger partial charge in [0.2, 0.25) is 0 Å². The minimum Gasteiger partial charge on any atom is -0.383 e. The van der Waals surface area contributed by atoms with Crippen molar-refractivity contribution in [2.24, 2.45) is 5.92 Å². The normalized spacial score (nSPS) is 14.6. The summed E-state index contributed by atoms with van der Waals surface area (Å²) in [6, 6.07) is 3.79. The summed E-state index contributed by atoms with van der Waals surface area (Å²) < 4.78 is 0. The molecule has 0 aromatic carbocycles. The van der Waals surface area contributed by atoms with Crippen LogP contribution in [-0.4, -0.2) is 6.54 Å². The number of hydrogen-bond acceptors (Lipinski definition) is 3. The Hall–Kier alpha value is -1.74. The first-order chi connectivity index (χ1) is 5.38. The van der Waals surface area contributed by atoms with E-state index in [0.717, 1.165) is 0 Å². The average Bonchev–Trinajstić information content (AvgIpc) is 2.09. The van der Waals surface area contributed by atoms with E-state index in [0.29, 0.717) is 12.2 Å². The molecule has 0 saturated carbocycles. The van der Waals surface area contributed by atoms with E-state index >= 15 is 0 Å². The smallest absolute Gasteiger partial charge is 0.172 e. The van der Waals surface area contributed by atoms with E-state index in [1.807, 2.05) is 24.3 Å². The number of nitrogens with one attached hydrogen (secondary N) is 1. The molecule has 0 amide bonds. The standard InChI is InChI=1S/C8H7N3/c9-5-7(6-10)8-3-1-2-4-11-8/h1-3,7,11H,4H2. The highest BCUT2D eigenvalue weighted by atomic mass is 14.9. The molecule has 0 aromatic rings. The molecule has 0 atom stereocenters. The number of nitriles is 2. The first-order valence-electron chi connectivity index (χ1n) is 3.28. The van der Waals surface area contributed by atoms with Crippen molar-refractivity contribution in [2.75, 3.05) is 6.54 Å². The molecule has 0 radical (unpaired) electrons. The van der Waals surface area contributed by atoms with Crippen LogP contribution in [-0.2, 0) is 0 Å². The third-order valence-corrected chi connectivity index (χ3v) is 1.41. The molecule has 1 rings (SSSR count). The van der Waals surface area contributed by atoms with Crippen molar-refractivity contribution < 1.29 is 0 Å². The highest BCUT2D eigenvalue weighted by molar-refractivity contribution is 5.27. The summed E-state index contributed by atoms with van der Waals surface area (Å²) in [7, 11) is 0. The molecule has 0 unspecified atom stereocenters. The molecule has 1 aliphatic rings. The van der Waals surface area contributed by atoms with Gasteiger partial charge in [0.15, 0.2) is 5.92 Å². The van der Waals surface area contributed by atoms with Gasteiger partial charge in [0.1, 0.15) is 0 Å². The van der Waals surface area contributed by atoms with Gasteiger partial charge in [-0.15, -0.1) is 0 Å². The lowest BCUT2D eigenvalue weighted by Crippen LogP contribution is -2.20. The van der Waals surface area contributed by atoms with Crippen molar-refractivity contribution in [3.8, 4) is 12.1 Å². The molecule has 0 fully saturated rings. The maximum Gasteiger partial charge on any atom is 0.172 e. The molecule has 1 heterocycles. The number of hydrogen-bond donors (Lipinski definition) is 1. The summed E-state index contributed by atoms with van der Waals surface area (Å²) >= 11 is 0. The van der Waals surface area contributed by atoms with Crippen molar-refractivity contribution in [1.82, 2.24) is 5.32 Å². The molecule has 0 spiro atoms. The van der Waals surface area contributed by atoms with Crippen LogP contribution in [0.1, 0.15) is 0 Å². The molecule has 0 bridgehead atoms. The quantitative estimate of drug-likeness (QED) is 0.590. The van der Waals surface area contributed by atoms with Gasteiger partial charge in [-0.05, 0) is 6.08 Å². The van der Waals surface area contributed by atoms with Crippen LogP contribution in [0.25, 0.3) is 0 Å². The van der Waals surface area contributed by atoms with Gasteiger partial charge in [-0.25, -0.2) is 0 Å².